The van der Waals surface area contributed by atoms with Gasteiger partial charge in [-0.25, -0.2) is 4.39 Å². The molecule has 0 spiro atoms. The third-order valence-electron chi connectivity index (χ3n) is 3.82. The third kappa shape index (κ3) is 3.69. The van der Waals surface area contributed by atoms with Gasteiger partial charge in [-0.3, -0.25) is 0 Å². The Bertz CT molecular complexity index is 503. The predicted molar refractivity (Wildman–Crippen MR) is 75.7 cm³/mol. The Morgan fingerprint density at radius 2 is 2.30 bits per heavy atom. The van der Waals surface area contributed by atoms with E-state index in [9.17, 15) is 9.50 Å². The van der Waals surface area contributed by atoms with Crippen molar-refractivity contribution in [3.05, 3.63) is 34.6 Å². The number of nitrogens with zero attached hydrogens (tertiary/aromatic N) is 1. The van der Waals surface area contributed by atoms with Crippen molar-refractivity contribution in [2.24, 2.45) is 5.92 Å². The fourth-order valence-electron chi connectivity index (χ4n) is 2.73. The summed E-state index contributed by atoms with van der Waals surface area (Å²) in [4.78, 5) is 0. The van der Waals surface area contributed by atoms with Gasteiger partial charge in [0.2, 0.25) is 0 Å². The molecule has 0 saturated heterocycles. The lowest BCUT2D eigenvalue weighted by molar-refractivity contribution is 0.213. The van der Waals surface area contributed by atoms with Crippen molar-refractivity contribution in [2.75, 3.05) is 6.61 Å². The van der Waals surface area contributed by atoms with Gasteiger partial charge in [0, 0.05) is 12.0 Å². The summed E-state index contributed by atoms with van der Waals surface area (Å²) >= 11 is 5.66. The van der Waals surface area contributed by atoms with Crippen LogP contribution < -0.4 is 5.32 Å². The van der Waals surface area contributed by atoms with E-state index in [4.69, 9.17) is 16.9 Å². The Morgan fingerprint density at radius 3 is 2.95 bits per heavy atom. The van der Waals surface area contributed by atoms with Gasteiger partial charge in [-0.05, 0) is 37.0 Å². The molecule has 1 aromatic rings. The molecule has 3 nitrogen and oxygen atoms in total. The Kier molecular flexibility index (Phi) is 5.36. The van der Waals surface area contributed by atoms with E-state index in [1.807, 2.05) is 0 Å². The molecule has 1 fully saturated rings. The number of aliphatic hydroxyl groups excluding tert-OH is 1. The number of halogens is 2. The Labute approximate surface area is 123 Å². The molecule has 1 aliphatic rings. The van der Waals surface area contributed by atoms with Gasteiger partial charge in [0.05, 0.1) is 23.7 Å². The molecule has 0 bridgehead atoms. The zero-order valence-corrected chi connectivity index (χ0v) is 11.9. The van der Waals surface area contributed by atoms with E-state index in [2.05, 4.69) is 11.4 Å². The zero-order chi connectivity index (χ0) is 14.5. The molecule has 0 aliphatic heterocycles. The molecular weight excluding hydrogens is 279 g/mol. The molecule has 3 atom stereocenters. The van der Waals surface area contributed by atoms with Crippen molar-refractivity contribution >= 4 is 11.6 Å². The van der Waals surface area contributed by atoms with E-state index in [0.29, 0.717) is 5.56 Å². The predicted octanol–water partition coefficient (Wildman–Crippen LogP) is 3.18. The van der Waals surface area contributed by atoms with Crippen LogP contribution in [0.25, 0.3) is 0 Å². The third-order valence-corrected chi connectivity index (χ3v) is 4.13. The van der Waals surface area contributed by atoms with E-state index in [1.54, 1.807) is 6.07 Å². The van der Waals surface area contributed by atoms with E-state index >= 15 is 0 Å². The summed E-state index contributed by atoms with van der Waals surface area (Å²) in [6.45, 7) is -0.116. The molecule has 2 N–H and O–H groups in total. The standard InChI is InChI=1S/C15H18ClFN2O/c16-13-5-4-11(7-14(13)17)15(9-20)19-12-3-1-2-10(6-12)8-18/h4-5,7,10,12,15,19-20H,1-3,6,9H2. The first kappa shape index (κ1) is 15.2. The lowest BCUT2D eigenvalue weighted by atomic mass is 9.86. The molecule has 1 aliphatic carbocycles. The first-order chi connectivity index (χ1) is 9.63. The van der Waals surface area contributed by atoms with Crippen LogP contribution in [0.3, 0.4) is 0 Å². The number of nitriles is 1. The minimum Gasteiger partial charge on any atom is -0.394 e. The van der Waals surface area contributed by atoms with Crippen molar-refractivity contribution in [3.8, 4) is 6.07 Å². The lowest BCUT2D eigenvalue weighted by Gasteiger charge is -2.30. The first-order valence-electron chi connectivity index (χ1n) is 6.85. The fourth-order valence-corrected chi connectivity index (χ4v) is 2.84. The van der Waals surface area contributed by atoms with Crippen molar-refractivity contribution in [1.82, 2.24) is 5.32 Å². The zero-order valence-electron chi connectivity index (χ0n) is 11.1. The van der Waals surface area contributed by atoms with Gasteiger partial charge in [-0.1, -0.05) is 24.1 Å². The van der Waals surface area contributed by atoms with Crippen LogP contribution in [0.15, 0.2) is 18.2 Å². The fraction of sp³-hybridized carbons (Fsp3) is 0.533. The van der Waals surface area contributed by atoms with Crippen LogP contribution in [-0.2, 0) is 0 Å². The molecule has 5 heteroatoms. The molecule has 2 rings (SSSR count). The van der Waals surface area contributed by atoms with Crippen molar-refractivity contribution in [2.45, 2.75) is 37.8 Å². The van der Waals surface area contributed by atoms with Gasteiger partial charge in [-0.15, -0.1) is 0 Å². The highest BCUT2D eigenvalue weighted by Gasteiger charge is 2.24. The van der Waals surface area contributed by atoms with Crippen LogP contribution in [-0.4, -0.2) is 17.8 Å². The summed E-state index contributed by atoms with van der Waals surface area (Å²) in [5.41, 5.74) is 0.675. The Morgan fingerprint density at radius 1 is 1.50 bits per heavy atom. The maximum atomic E-state index is 13.5. The van der Waals surface area contributed by atoms with Crippen LogP contribution in [0.4, 0.5) is 4.39 Å². The van der Waals surface area contributed by atoms with E-state index in [-0.39, 0.29) is 29.6 Å². The summed E-state index contributed by atoms with van der Waals surface area (Å²) in [5.74, 6) is -0.412. The monoisotopic (exact) mass is 296 g/mol. The van der Waals surface area contributed by atoms with Gasteiger partial charge in [-0.2, -0.15) is 5.26 Å². The molecule has 0 radical (unpaired) electrons. The summed E-state index contributed by atoms with van der Waals surface area (Å²) in [7, 11) is 0. The molecule has 20 heavy (non-hydrogen) atoms. The highest BCUT2D eigenvalue weighted by molar-refractivity contribution is 6.30. The highest BCUT2D eigenvalue weighted by atomic mass is 35.5. The number of rotatable bonds is 4. The van der Waals surface area contributed by atoms with Gasteiger partial charge in [0.1, 0.15) is 5.82 Å². The molecule has 0 heterocycles. The normalized spacial score (nSPS) is 24.1. The van der Waals surface area contributed by atoms with Crippen LogP contribution in [0, 0.1) is 23.1 Å². The second kappa shape index (κ2) is 7.03. The number of benzene rings is 1. The second-order valence-corrected chi connectivity index (χ2v) is 5.67. The number of hydrogen-bond donors (Lipinski definition) is 2. The summed E-state index contributed by atoms with van der Waals surface area (Å²) < 4.78 is 13.5. The molecule has 0 amide bonds. The highest BCUT2D eigenvalue weighted by Crippen LogP contribution is 2.26. The van der Waals surface area contributed by atoms with Crippen molar-refractivity contribution in [3.63, 3.8) is 0 Å². The smallest absolute Gasteiger partial charge is 0.142 e. The molecule has 1 saturated carbocycles. The number of aliphatic hydroxyl groups is 1. The van der Waals surface area contributed by atoms with Crippen LogP contribution in [0.1, 0.15) is 37.3 Å². The molecule has 0 aromatic heterocycles. The molecule has 3 unspecified atom stereocenters. The SMILES string of the molecule is N#CC1CCCC(NC(CO)c2ccc(Cl)c(F)c2)C1. The second-order valence-electron chi connectivity index (χ2n) is 5.26. The largest absolute Gasteiger partial charge is 0.394 e. The van der Waals surface area contributed by atoms with Crippen molar-refractivity contribution in [1.29, 1.82) is 5.26 Å². The molecule has 1 aromatic carbocycles. The van der Waals surface area contributed by atoms with Gasteiger partial charge in [0.25, 0.3) is 0 Å². The average molecular weight is 297 g/mol. The molecular formula is C15H18ClFN2O. The summed E-state index contributed by atoms with van der Waals surface area (Å²) in [6, 6.07) is 6.71. The van der Waals surface area contributed by atoms with E-state index < -0.39 is 5.82 Å². The lowest BCUT2D eigenvalue weighted by Crippen LogP contribution is -2.38. The maximum Gasteiger partial charge on any atom is 0.142 e. The topological polar surface area (TPSA) is 56.0 Å². The van der Waals surface area contributed by atoms with Crippen molar-refractivity contribution < 1.29 is 9.50 Å². The van der Waals surface area contributed by atoms with Crippen LogP contribution in [0.2, 0.25) is 5.02 Å². The minimum atomic E-state index is -0.483. The Balaban J connectivity index is 2.05. The van der Waals surface area contributed by atoms with E-state index in [0.717, 1.165) is 25.7 Å². The van der Waals surface area contributed by atoms with E-state index in [1.165, 1.54) is 12.1 Å². The summed E-state index contributed by atoms with van der Waals surface area (Å²) in [5, 5.41) is 21.9. The quantitative estimate of drug-likeness (QED) is 0.897. The molecule has 108 valence electrons. The maximum absolute atomic E-state index is 13.5. The summed E-state index contributed by atoms with van der Waals surface area (Å²) in [6.07, 6.45) is 3.70. The van der Waals surface area contributed by atoms with Gasteiger partial charge in [0.15, 0.2) is 0 Å². The average Bonchev–Trinajstić information content (AvgIpc) is 2.48. The Hall–Kier alpha value is -1.15. The minimum absolute atomic E-state index is 0.0718. The number of nitrogens with one attached hydrogen (secondary N) is 1. The number of hydrogen-bond acceptors (Lipinski definition) is 3. The van der Waals surface area contributed by atoms with Crippen LogP contribution in [0.5, 0.6) is 0 Å². The van der Waals surface area contributed by atoms with Crippen LogP contribution >= 0.6 is 11.6 Å². The van der Waals surface area contributed by atoms with Gasteiger partial charge >= 0.3 is 0 Å². The van der Waals surface area contributed by atoms with Gasteiger partial charge < -0.3 is 10.4 Å². The first-order valence-corrected chi connectivity index (χ1v) is 7.23.